The van der Waals surface area contributed by atoms with Gasteiger partial charge >= 0.3 is 0 Å². The van der Waals surface area contributed by atoms with Crippen LogP contribution in [0.4, 0.5) is 0 Å². The normalized spacial score (nSPS) is 22.9. The van der Waals surface area contributed by atoms with Gasteiger partial charge in [-0.25, -0.2) is 0 Å². The number of carbonyl (C=O) groups excluding carboxylic acids is 2. The molecule has 0 heterocycles. The van der Waals surface area contributed by atoms with Crippen LogP contribution in [0, 0.1) is 5.92 Å². The lowest BCUT2D eigenvalue weighted by atomic mass is 9.84. The monoisotopic (exact) mass is 269 g/mol. The number of rotatable bonds is 6. The van der Waals surface area contributed by atoms with Crippen molar-refractivity contribution in [2.45, 2.75) is 51.0 Å². The first-order valence-corrected chi connectivity index (χ1v) is 7.23. The number of hydrogen-bond acceptors (Lipinski definition) is 3. The van der Waals surface area contributed by atoms with Gasteiger partial charge in [0.05, 0.1) is 0 Å². The molecule has 0 aromatic carbocycles. The van der Waals surface area contributed by atoms with E-state index >= 15 is 0 Å². The fraction of sp³-hybridized carbons (Fsp3) is 0.857. The second-order valence-corrected chi connectivity index (χ2v) is 5.56. The van der Waals surface area contributed by atoms with Gasteiger partial charge < -0.3 is 16.0 Å². The summed E-state index contributed by atoms with van der Waals surface area (Å²) in [5.41, 5.74) is 5.87. The van der Waals surface area contributed by atoms with Crippen molar-refractivity contribution < 1.29 is 9.59 Å². The summed E-state index contributed by atoms with van der Waals surface area (Å²) in [4.78, 5) is 24.7. The third-order valence-electron chi connectivity index (χ3n) is 4.04. The molecule has 1 rings (SSSR count). The van der Waals surface area contributed by atoms with Crippen LogP contribution in [0.1, 0.15) is 44.9 Å². The van der Waals surface area contributed by atoms with Crippen LogP contribution in [-0.4, -0.2) is 43.4 Å². The van der Waals surface area contributed by atoms with Crippen molar-refractivity contribution in [3.63, 3.8) is 0 Å². The van der Waals surface area contributed by atoms with Crippen molar-refractivity contribution in [2.24, 2.45) is 11.7 Å². The Balaban J connectivity index is 2.17. The van der Waals surface area contributed by atoms with Crippen LogP contribution in [0.2, 0.25) is 0 Å². The van der Waals surface area contributed by atoms with E-state index in [4.69, 9.17) is 5.73 Å². The van der Waals surface area contributed by atoms with Crippen molar-refractivity contribution >= 4 is 11.8 Å². The van der Waals surface area contributed by atoms with Crippen LogP contribution in [0.15, 0.2) is 0 Å². The molecule has 110 valence electrons. The molecule has 0 aromatic rings. The smallest absolute Gasteiger partial charge is 0.222 e. The van der Waals surface area contributed by atoms with Gasteiger partial charge in [-0.15, -0.1) is 0 Å². The summed E-state index contributed by atoms with van der Waals surface area (Å²) in [6.45, 7) is 0.494. The van der Waals surface area contributed by atoms with E-state index in [0.29, 0.717) is 31.3 Å². The van der Waals surface area contributed by atoms with Crippen molar-refractivity contribution in [2.75, 3.05) is 20.6 Å². The number of amides is 2. The third-order valence-corrected chi connectivity index (χ3v) is 4.04. The van der Waals surface area contributed by atoms with Gasteiger partial charge in [0.25, 0.3) is 0 Å². The first-order valence-electron chi connectivity index (χ1n) is 7.23. The predicted molar refractivity (Wildman–Crippen MR) is 75.5 cm³/mol. The second-order valence-electron chi connectivity index (χ2n) is 5.56. The Bertz CT molecular complexity index is 299. The topological polar surface area (TPSA) is 75.4 Å². The number of carbonyl (C=O) groups is 2. The molecule has 3 N–H and O–H groups in total. The highest BCUT2D eigenvalue weighted by molar-refractivity contribution is 5.78. The van der Waals surface area contributed by atoms with Crippen LogP contribution in [0.5, 0.6) is 0 Å². The van der Waals surface area contributed by atoms with Gasteiger partial charge in [0, 0.05) is 39.5 Å². The maximum absolute atomic E-state index is 11.9. The van der Waals surface area contributed by atoms with E-state index in [0.717, 1.165) is 32.1 Å². The molecular weight excluding hydrogens is 242 g/mol. The van der Waals surface area contributed by atoms with Crippen LogP contribution < -0.4 is 11.1 Å². The standard InChI is InChI=1S/C14H27N3O2/c1-16-13(18)9-10-17(2)14(19)8-5-11-3-6-12(15)7-4-11/h11-12H,3-10,15H2,1-2H3,(H,16,18). The minimum absolute atomic E-state index is 0.0269. The maximum Gasteiger partial charge on any atom is 0.222 e. The predicted octanol–water partition coefficient (Wildman–Crippen LogP) is 0.879. The SMILES string of the molecule is CNC(=O)CCN(C)C(=O)CCC1CCC(N)CC1. The molecule has 5 heteroatoms. The average molecular weight is 269 g/mol. The Morgan fingerprint density at radius 1 is 1.21 bits per heavy atom. The molecule has 0 radical (unpaired) electrons. The maximum atomic E-state index is 11.9. The average Bonchev–Trinajstić information content (AvgIpc) is 2.43. The molecule has 0 unspecified atom stereocenters. The first kappa shape index (κ1) is 16.0. The number of nitrogens with zero attached hydrogens (tertiary/aromatic N) is 1. The molecule has 1 fully saturated rings. The molecule has 0 atom stereocenters. The lowest BCUT2D eigenvalue weighted by Crippen LogP contribution is -2.32. The minimum atomic E-state index is -0.0269. The summed E-state index contributed by atoms with van der Waals surface area (Å²) in [6, 6.07) is 0.363. The minimum Gasteiger partial charge on any atom is -0.359 e. The number of hydrogen-bond donors (Lipinski definition) is 2. The van der Waals surface area contributed by atoms with Gasteiger partial charge in [0.15, 0.2) is 0 Å². The Hall–Kier alpha value is -1.10. The largest absolute Gasteiger partial charge is 0.359 e. The Kier molecular flexibility index (Phi) is 6.84. The lowest BCUT2D eigenvalue weighted by molar-refractivity contribution is -0.130. The van der Waals surface area contributed by atoms with Gasteiger partial charge in [0.1, 0.15) is 0 Å². The summed E-state index contributed by atoms with van der Waals surface area (Å²) in [5, 5.41) is 2.56. The van der Waals surface area contributed by atoms with Crippen molar-refractivity contribution in [3.8, 4) is 0 Å². The van der Waals surface area contributed by atoms with Crippen LogP contribution >= 0.6 is 0 Å². The summed E-state index contributed by atoms with van der Waals surface area (Å²) < 4.78 is 0. The highest BCUT2D eigenvalue weighted by atomic mass is 16.2. The van der Waals surface area contributed by atoms with Crippen LogP contribution in [-0.2, 0) is 9.59 Å². The summed E-state index contributed by atoms with van der Waals surface area (Å²) in [7, 11) is 3.37. The second kappa shape index (κ2) is 8.15. The zero-order chi connectivity index (χ0) is 14.3. The van der Waals surface area contributed by atoms with Crippen molar-refractivity contribution in [1.82, 2.24) is 10.2 Å². The zero-order valence-electron chi connectivity index (χ0n) is 12.2. The number of nitrogens with two attached hydrogens (primary N) is 1. The Morgan fingerprint density at radius 3 is 2.42 bits per heavy atom. The molecular formula is C14H27N3O2. The van der Waals surface area contributed by atoms with E-state index in [9.17, 15) is 9.59 Å². The molecule has 5 nitrogen and oxygen atoms in total. The lowest BCUT2D eigenvalue weighted by Gasteiger charge is -2.26. The fourth-order valence-electron chi connectivity index (χ4n) is 2.51. The van der Waals surface area contributed by atoms with E-state index in [1.54, 1.807) is 19.0 Å². The Morgan fingerprint density at radius 2 is 1.84 bits per heavy atom. The molecule has 0 aromatic heterocycles. The zero-order valence-corrected chi connectivity index (χ0v) is 12.2. The molecule has 1 saturated carbocycles. The van der Waals surface area contributed by atoms with E-state index in [2.05, 4.69) is 5.32 Å². The van der Waals surface area contributed by atoms with Gasteiger partial charge in [-0.2, -0.15) is 0 Å². The molecule has 19 heavy (non-hydrogen) atoms. The molecule has 0 bridgehead atoms. The van der Waals surface area contributed by atoms with Crippen molar-refractivity contribution in [3.05, 3.63) is 0 Å². The third kappa shape index (κ3) is 6.05. The summed E-state index contributed by atoms with van der Waals surface area (Å²) in [6.07, 6.45) is 6.39. The van der Waals surface area contributed by atoms with Crippen LogP contribution in [0.3, 0.4) is 0 Å². The van der Waals surface area contributed by atoms with E-state index < -0.39 is 0 Å². The van der Waals surface area contributed by atoms with Gasteiger partial charge in [-0.05, 0) is 38.0 Å². The Labute approximate surface area is 115 Å². The molecule has 0 aliphatic heterocycles. The van der Waals surface area contributed by atoms with E-state index in [1.807, 2.05) is 0 Å². The molecule has 1 aliphatic carbocycles. The molecule has 2 amide bonds. The van der Waals surface area contributed by atoms with E-state index in [1.165, 1.54) is 0 Å². The van der Waals surface area contributed by atoms with Gasteiger partial charge in [-0.1, -0.05) is 0 Å². The fourth-order valence-corrected chi connectivity index (χ4v) is 2.51. The summed E-state index contributed by atoms with van der Waals surface area (Å²) in [5.74, 6) is 0.760. The van der Waals surface area contributed by atoms with E-state index in [-0.39, 0.29) is 11.8 Å². The highest BCUT2D eigenvalue weighted by Crippen LogP contribution is 2.26. The van der Waals surface area contributed by atoms with Crippen molar-refractivity contribution in [1.29, 1.82) is 0 Å². The van der Waals surface area contributed by atoms with Gasteiger partial charge in [0.2, 0.25) is 11.8 Å². The molecule has 0 saturated heterocycles. The molecule has 0 spiro atoms. The van der Waals surface area contributed by atoms with Gasteiger partial charge in [-0.3, -0.25) is 9.59 Å². The quantitative estimate of drug-likeness (QED) is 0.751. The number of nitrogens with one attached hydrogen (secondary N) is 1. The van der Waals surface area contributed by atoms with Crippen LogP contribution in [0.25, 0.3) is 0 Å². The summed E-state index contributed by atoms with van der Waals surface area (Å²) >= 11 is 0. The highest BCUT2D eigenvalue weighted by Gasteiger charge is 2.20. The first-order chi connectivity index (χ1) is 9.02. The molecule has 1 aliphatic rings.